The summed E-state index contributed by atoms with van der Waals surface area (Å²) in [6.45, 7) is 6.17. The van der Waals surface area contributed by atoms with E-state index in [4.69, 9.17) is 4.74 Å². The zero-order valence-electron chi connectivity index (χ0n) is 16.7. The van der Waals surface area contributed by atoms with Crippen molar-refractivity contribution in [2.45, 2.75) is 64.3 Å². The number of aliphatic hydroxyl groups excluding tert-OH is 1. The quantitative estimate of drug-likeness (QED) is 0.730. The van der Waals surface area contributed by atoms with Gasteiger partial charge in [-0.3, -0.25) is 9.59 Å². The second-order valence-electron chi connectivity index (χ2n) is 7.29. The molecule has 1 fully saturated rings. The van der Waals surface area contributed by atoms with Gasteiger partial charge in [0, 0.05) is 20.1 Å². The maximum Gasteiger partial charge on any atom is 0.225 e. The summed E-state index contributed by atoms with van der Waals surface area (Å²) in [5, 5.41) is 13.4. The summed E-state index contributed by atoms with van der Waals surface area (Å²) in [5.41, 5.74) is 0.761. The number of ether oxygens (including phenoxy) is 1. The Labute approximate surface area is 161 Å². The molecule has 1 aromatic rings. The monoisotopic (exact) mass is 376 g/mol. The number of rotatable bonds is 8. The van der Waals surface area contributed by atoms with Crippen molar-refractivity contribution in [3.8, 4) is 0 Å². The molecule has 150 valence electrons. The lowest BCUT2D eigenvalue weighted by molar-refractivity contribution is -0.140. The highest BCUT2D eigenvalue weighted by Gasteiger charge is 2.39. The second-order valence-corrected chi connectivity index (χ2v) is 7.29. The molecule has 1 saturated heterocycles. The van der Waals surface area contributed by atoms with Gasteiger partial charge in [-0.05, 0) is 25.3 Å². The minimum Gasteiger partial charge on any atom is -0.386 e. The van der Waals surface area contributed by atoms with E-state index in [1.54, 1.807) is 14.0 Å². The number of carbonyl (C=O) groups excluding carboxylic acids is 2. The predicted octanol–water partition coefficient (Wildman–Crippen LogP) is 2.28. The van der Waals surface area contributed by atoms with E-state index in [2.05, 4.69) is 5.32 Å². The Hall–Kier alpha value is -1.92. The average Bonchev–Trinajstić information content (AvgIpc) is 3.17. The van der Waals surface area contributed by atoms with Crippen LogP contribution < -0.4 is 5.32 Å². The lowest BCUT2D eigenvalue weighted by Gasteiger charge is -2.34. The molecule has 5 atom stereocenters. The van der Waals surface area contributed by atoms with E-state index in [0.717, 1.165) is 18.4 Å². The van der Waals surface area contributed by atoms with Crippen LogP contribution in [-0.4, -0.2) is 53.7 Å². The number of methoxy groups -OCH3 is 1. The molecule has 0 saturated carbocycles. The van der Waals surface area contributed by atoms with Gasteiger partial charge in [0.2, 0.25) is 11.8 Å². The van der Waals surface area contributed by atoms with Crippen molar-refractivity contribution >= 4 is 11.8 Å². The summed E-state index contributed by atoms with van der Waals surface area (Å²) in [7, 11) is 1.59. The van der Waals surface area contributed by atoms with Crippen molar-refractivity contribution in [1.29, 1.82) is 0 Å². The first-order valence-corrected chi connectivity index (χ1v) is 9.76. The van der Waals surface area contributed by atoms with Crippen molar-refractivity contribution in [3.63, 3.8) is 0 Å². The molecule has 0 spiro atoms. The molecule has 0 aromatic heterocycles. The Morgan fingerprint density at radius 2 is 1.96 bits per heavy atom. The molecule has 1 aromatic carbocycles. The minimum atomic E-state index is -0.784. The van der Waals surface area contributed by atoms with Crippen LogP contribution in [0, 0.1) is 5.92 Å². The van der Waals surface area contributed by atoms with Crippen LogP contribution in [0.2, 0.25) is 0 Å². The number of carbonyl (C=O) groups is 2. The number of benzene rings is 1. The smallest absolute Gasteiger partial charge is 0.225 e. The zero-order valence-corrected chi connectivity index (χ0v) is 16.7. The van der Waals surface area contributed by atoms with Crippen molar-refractivity contribution in [2.75, 3.05) is 13.7 Å². The Balaban J connectivity index is 2.02. The second kappa shape index (κ2) is 9.85. The number of amides is 2. The van der Waals surface area contributed by atoms with Gasteiger partial charge < -0.3 is 20.1 Å². The number of likely N-dealkylation sites (tertiary alicyclic amines) is 1. The highest BCUT2D eigenvalue weighted by Crippen LogP contribution is 2.27. The molecular weight excluding hydrogens is 344 g/mol. The van der Waals surface area contributed by atoms with E-state index in [1.807, 2.05) is 49.1 Å². The van der Waals surface area contributed by atoms with Crippen LogP contribution in [0.25, 0.3) is 0 Å². The van der Waals surface area contributed by atoms with Crippen LogP contribution in [0.3, 0.4) is 0 Å². The van der Waals surface area contributed by atoms with Gasteiger partial charge in [0.15, 0.2) is 0 Å². The molecule has 1 aliphatic rings. The third-order valence-electron chi connectivity index (χ3n) is 5.46. The van der Waals surface area contributed by atoms with Crippen LogP contribution in [0.5, 0.6) is 0 Å². The van der Waals surface area contributed by atoms with E-state index in [-0.39, 0.29) is 24.0 Å². The van der Waals surface area contributed by atoms with Gasteiger partial charge in [0.1, 0.15) is 0 Å². The Kier molecular flexibility index (Phi) is 7.80. The Morgan fingerprint density at radius 1 is 1.30 bits per heavy atom. The van der Waals surface area contributed by atoms with Crippen molar-refractivity contribution in [3.05, 3.63) is 35.9 Å². The first-order valence-electron chi connectivity index (χ1n) is 9.76. The third-order valence-corrected chi connectivity index (χ3v) is 5.46. The van der Waals surface area contributed by atoms with Gasteiger partial charge in [-0.2, -0.15) is 0 Å². The fourth-order valence-electron chi connectivity index (χ4n) is 3.86. The largest absolute Gasteiger partial charge is 0.386 e. The van der Waals surface area contributed by atoms with Gasteiger partial charge in [0.05, 0.1) is 30.2 Å². The number of nitrogens with zero attached hydrogens (tertiary/aromatic N) is 1. The van der Waals surface area contributed by atoms with Crippen molar-refractivity contribution in [2.24, 2.45) is 5.92 Å². The fraction of sp³-hybridized carbons (Fsp3) is 0.619. The van der Waals surface area contributed by atoms with Gasteiger partial charge in [-0.15, -0.1) is 0 Å². The Morgan fingerprint density at radius 3 is 2.56 bits per heavy atom. The fourth-order valence-corrected chi connectivity index (χ4v) is 3.86. The average molecular weight is 376 g/mol. The molecule has 2 N–H and O–H groups in total. The number of nitrogens with one attached hydrogen (secondary N) is 1. The molecule has 2 rings (SSSR count). The van der Waals surface area contributed by atoms with E-state index < -0.39 is 18.1 Å². The molecule has 1 unspecified atom stereocenters. The predicted molar refractivity (Wildman–Crippen MR) is 104 cm³/mol. The summed E-state index contributed by atoms with van der Waals surface area (Å²) in [6, 6.07) is 8.75. The van der Waals surface area contributed by atoms with Crippen LogP contribution in [0.4, 0.5) is 0 Å². The molecule has 6 heteroatoms. The topological polar surface area (TPSA) is 78.9 Å². The molecule has 2 amide bonds. The first-order chi connectivity index (χ1) is 12.9. The summed E-state index contributed by atoms with van der Waals surface area (Å²) < 4.78 is 5.65. The summed E-state index contributed by atoms with van der Waals surface area (Å²) in [4.78, 5) is 26.8. The molecule has 0 bridgehead atoms. The van der Waals surface area contributed by atoms with Crippen molar-refractivity contribution < 1.29 is 19.4 Å². The van der Waals surface area contributed by atoms with Gasteiger partial charge in [0.25, 0.3) is 0 Å². The SMILES string of the molecule is CCC(=O)N1CCC[C@H]1[C@H](OC)[C@@H](C)C(=O)N[C@H](C)C(O)c1ccccc1. The molecular formula is C21H32N2O4. The van der Waals surface area contributed by atoms with Crippen LogP contribution in [0.15, 0.2) is 30.3 Å². The minimum absolute atomic E-state index is 0.0856. The van der Waals surface area contributed by atoms with Crippen LogP contribution in [-0.2, 0) is 14.3 Å². The zero-order chi connectivity index (χ0) is 20.0. The summed E-state index contributed by atoms with van der Waals surface area (Å²) in [5.74, 6) is -0.518. The number of hydrogen-bond donors (Lipinski definition) is 2. The van der Waals surface area contributed by atoms with E-state index in [1.165, 1.54) is 0 Å². The molecule has 6 nitrogen and oxygen atoms in total. The highest BCUT2D eigenvalue weighted by molar-refractivity contribution is 5.80. The molecule has 0 radical (unpaired) electrons. The molecule has 0 aliphatic carbocycles. The number of hydrogen-bond acceptors (Lipinski definition) is 4. The van der Waals surface area contributed by atoms with Gasteiger partial charge in [-0.1, -0.05) is 44.2 Å². The van der Waals surface area contributed by atoms with Crippen molar-refractivity contribution in [1.82, 2.24) is 10.2 Å². The summed E-state index contributed by atoms with van der Waals surface area (Å²) in [6.07, 6.45) is 1.06. The van der Waals surface area contributed by atoms with Gasteiger partial charge >= 0.3 is 0 Å². The first kappa shape index (κ1) is 21.4. The van der Waals surface area contributed by atoms with E-state index >= 15 is 0 Å². The lowest BCUT2D eigenvalue weighted by Crippen LogP contribution is -2.51. The third kappa shape index (κ3) is 5.08. The molecule has 1 heterocycles. The van der Waals surface area contributed by atoms with E-state index in [0.29, 0.717) is 13.0 Å². The standard InChI is InChI=1S/C21H32N2O4/c1-5-18(24)23-13-9-12-17(23)20(27-4)14(2)21(26)22-15(3)19(25)16-10-7-6-8-11-16/h6-8,10-11,14-15,17,19-20,25H,5,9,12-13H2,1-4H3,(H,22,26)/t14-,15-,17+,19?,20-/m1/s1. The maximum atomic E-state index is 12.8. The van der Waals surface area contributed by atoms with Crippen LogP contribution in [0.1, 0.15) is 51.7 Å². The maximum absolute atomic E-state index is 12.8. The normalized spacial score (nSPS) is 21.4. The van der Waals surface area contributed by atoms with Crippen LogP contribution >= 0.6 is 0 Å². The molecule has 1 aliphatic heterocycles. The van der Waals surface area contributed by atoms with Gasteiger partial charge in [-0.25, -0.2) is 0 Å². The van der Waals surface area contributed by atoms with E-state index in [9.17, 15) is 14.7 Å². The highest BCUT2D eigenvalue weighted by atomic mass is 16.5. The Bertz CT molecular complexity index is 622. The molecule has 27 heavy (non-hydrogen) atoms. The lowest BCUT2D eigenvalue weighted by atomic mass is 9.94. The summed E-state index contributed by atoms with van der Waals surface area (Å²) >= 11 is 0. The number of aliphatic hydroxyl groups is 1.